The summed E-state index contributed by atoms with van der Waals surface area (Å²) in [6.45, 7) is 7.92. The van der Waals surface area contributed by atoms with E-state index in [2.05, 4.69) is 34.7 Å². The van der Waals surface area contributed by atoms with E-state index in [9.17, 15) is 5.11 Å². The maximum absolute atomic E-state index is 9.59. The Balaban J connectivity index is 1.97. The molecule has 0 bridgehead atoms. The number of aromatic hydroxyl groups is 1. The van der Waals surface area contributed by atoms with Gasteiger partial charge in [0.25, 0.3) is 0 Å². The molecular weight excluding hydrogens is 302 g/mol. The Labute approximate surface area is 124 Å². The molecule has 1 N–H and O–H groups in total. The Kier molecular flexibility index (Phi) is 4.91. The van der Waals surface area contributed by atoms with Crippen LogP contribution in [-0.4, -0.2) is 23.1 Å². The van der Waals surface area contributed by atoms with E-state index in [0.29, 0.717) is 11.2 Å². The molecule has 0 spiro atoms. The summed E-state index contributed by atoms with van der Waals surface area (Å²) in [5.41, 5.74) is 1.76. The molecule has 2 nitrogen and oxygen atoms in total. The number of phenols is 1. The minimum absolute atomic E-state index is 0.353. The highest BCUT2D eigenvalue weighted by Crippen LogP contribution is 2.38. The molecule has 1 aliphatic heterocycles. The van der Waals surface area contributed by atoms with Gasteiger partial charge in [-0.1, -0.05) is 42.6 Å². The Hall–Kier alpha value is -0.540. The average Bonchev–Trinajstić information content (AvgIpc) is 2.44. The fraction of sp³-hybridized carbons (Fsp3) is 0.625. The number of benzene rings is 1. The van der Waals surface area contributed by atoms with Crippen molar-refractivity contribution in [2.45, 2.75) is 46.1 Å². The molecule has 1 heterocycles. The molecule has 0 aromatic heterocycles. The van der Waals surface area contributed by atoms with E-state index >= 15 is 0 Å². The van der Waals surface area contributed by atoms with Gasteiger partial charge in [-0.05, 0) is 55.1 Å². The van der Waals surface area contributed by atoms with Crippen LogP contribution in [0.5, 0.6) is 5.75 Å². The SMILES string of the molecule is CCC1(CC)CCN(Cc2cc(O)ccc2Br)CC1. The molecule has 0 aliphatic carbocycles. The highest BCUT2D eigenvalue weighted by molar-refractivity contribution is 9.10. The first-order chi connectivity index (χ1) is 9.08. The van der Waals surface area contributed by atoms with Crippen LogP contribution in [0.4, 0.5) is 0 Å². The van der Waals surface area contributed by atoms with E-state index < -0.39 is 0 Å². The van der Waals surface area contributed by atoms with Crippen molar-refractivity contribution in [3.8, 4) is 5.75 Å². The van der Waals surface area contributed by atoms with Crippen LogP contribution in [0.3, 0.4) is 0 Å². The van der Waals surface area contributed by atoms with Crippen molar-refractivity contribution in [1.82, 2.24) is 4.90 Å². The second kappa shape index (κ2) is 6.27. The second-order valence-electron chi connectivity index (χ2n) is 5.76. The summed E-state index contributed by atoms with van der Waals surface area (Å²) < 4.78 is 1.09. The van der Waals surface area contributed by atoms with Crippen LogP contribution in [-0.2, 0) is 6.54 Å². The first-order valence-electron chi connectivity index (χ1n) is 7.28. The highest BCUT2D eigenvalue weighted by atomic mass is 79.9. The molecule has 1 aliphatic rings. The zero-order valence-corrected chi connectivity index (χ0v) is 13.5. The van der Waals surface area contributed by atoms with Crippen LogP contribution in [0, 0.1) is 5.41 Å². The number of likely N-dealkylation sites (tertiary alicyclic amines) is 1. The predicted molar refractivity (Wildman–Crippen MR) is 83.3 cm³/mol. The molecule has 0 amide bonds. The molecule has 1 saturated heterocycles. The molecule has 0 atom stereocenters. The fourth-order valence-electron chi connectivity index (χ4n) is 3.07. The topological polar surface area (TPSA) is 23.5 Å². The van der Waals surface area contributed by atoms with E-state index in [1.807, 2.05) is 12.1 Å². The third-order valence-electron chi connectivity index (χ3n) is 4.84. The first-order valence-corrected chi connectivity index (χ1v) is 8.07. The van der Waals surface area contributed by atoms with Crippen LogP contribution in [0.2, 0.25) is 0 Å². The van der Waals surface area contributed by atoms with Gasteiger partial charge in [0.1, 0.15) is 5.75 Å². The fourth-order valence-corrected chi connectivity index (χ4v) is 3.44. The van der Waals surface area contributed by atoms with Crippen LogP contribution < -0.4 is 0 Å². The minimum Gasteiger partial charge on any atom is -0.508 e. The maximum Gasteiger partial charge on any atom is 0.115 e. The van der Waals surface area contributed by atoms with E-state index in [-0.39, 0.29) is 0 Å². The molecule has 0 radical (unpaired) electrons. The Morgan fingerprint density at radius 1 is 1.21 bits per heavy atom. The monoisotopic (exact) mass is 325 g/mol. The average molecular weight is 326 g/mol. The summed E-state index contributed by atoms with van der Waals surface area (Å²) in [4.78, 5) is 2.50. The molecular formula is C16H24BrNO. The zero-order valence-electron chi connectivity index (χ0n) is 12.0. The molecule has 19 heavy (non-hydrogen) atoms. The first kappa shape index (κ1) is 14.9. The lowest BCUT2D eigenvalue weighted by Crippen LogP contribution is -2.39. The quantitative estimate of drug-likeness (QED) is 0.877. The van der Waals surface area contributed by atoms with Gasteiger partial charge in [-0.3, -0.25) is 4.90 Å². The Bertz CT molecular complexity index is 419. The van der Waals surface area contributed by atoms with Crippen LogP contribution in [0.25, 0.3) is 0 Å². The summed E-state index contributed by atoms with van der Waals surface area (Å²) in [5, 5.41) is 9.59. The third kappa shape index (κ3) is 3.51. The molecule has 2 rings (SSSR count). The number of rotatable bonds is 4. The number of nitrogens with zero attached hydrogens (tertiary/aromatic N) is 1. The van der Waals surface area contributed by atoms with Crippen molar-refractivity contribution >= 4 is 15.9 Å². The van der Waals surface area contributed by atoms with Crippen molar-refractivity contribution in [2.75, 3.05) is 13.1 Å². The number of hydrogen-bond donors (Lipinski definition) is 1. The van der Waals surface area contributed by atoms with Crippen LogP contribution in [0.15, 0.2) is 22.7 Å². The lowest BCUT2D eigenvalue weighted by Gasteiger charge is -2.41. The third-order valence-corrected chi connectivity index (χ3v) is 5.61. The number of phenolic OH excluding ortho intramolecular Hbond substituents is 1. The lowest BCUT2D eigenvalue weighted by atomic mass is 9.74. The standard InChI is InChI=1S/C16H24BrNO/c1-3-16(4-2)7-9-18(10-8-16)12-13-11-14(19)5-6-15(13)17/h5-6,11,19H,3-4,7-10,12H2,1-2H3. The van der Waals surface area contributed by atoms with Crippen molar-refractivity contribution in [3.63, 3.8) is 0 Å². The lowest BCUT2D eigenvalue weighted by molar-refractivity contribution is 0.0907. The molecule has 3 heteroatoms. The van der Waals surface area contributed by atoms with E-state index in [0.717, 1.165) is 11.0 Å². The molecule has 1 aromatic carbocycles. The maximum atomic E-state index is 9.59. The molecule has 1 aromatic rings. The number of piperidine rings is 1. The second-order valence-corrected chi connectivity index (χ2v) is 6.61. The number of halogens is 1. The molecule has 0 unspecified atom stereocenters. The van der Waals surface area contributed by atoms with Crippen molar-refractivity contribution in [3.05, 3.63) is 28.2 Å². The molecule has 106 valence electrons. The van der Waals surface area contributed by atoms with Gasteiger partial charge in [-0.2, -0.15) is 0 Å². The van der Waals surface area contributed by atoms with Crippen molar-refractivity contribution < 1.29 is 5.11 Å². The van der Waals surface area contributed by atoms with Gasteiger partial charge >= 0.3 is 0 Å². The van der Waals surface area contributed by atoms with E-state index in [1.54, 1.807) is 6.07 Å². The summed E-state index contributed by atoms with van der Waals surface area (Å²) in [6.07, 6.45) is 5.20. The summed E-state index contributed by atoms with van der Waals surface area (Å²) in [6, 6.07) is 5.52. The Morgan fingerprint density at radius 3 is 2.42 bits per heavy atom. The summed E-state index contributed by atoms with van der Waals surface area (Å²) >= 11 is 3.57. The van der Waals surface area contributed by atoms with Crippen LogP contribution in [0.1, 0.15) is 45.1 Å². The molecule has 0 saturated carbocycles. The zero-order chi connectivity index (χ0) is 13.9. The summed E-state index contributed by atoms with van der Waals surface area (Å²) in [7, 11) is 0. The van der Waals surface area contributed by atoms with Gasteiger partial charge in [-0.25, -0.2) is 0 Å². The van der Waals surface area contributed by atoms with Gasteiger partial charge < -0.3 is 5.11 Å². The largest absolute Gasteiger partial charge is 0.508 e. The normalized spacial score (nSPS) is 19.5. The van der Waals surface area contributed by atoms with Gasteiger partial charge in [0.15, 0.2) is 0 Å². The molecule has 1 fully saturated rings. The van der Waals surface area contributed by atoms with Crippen LogP contribution >= 0.6 is 15.9 Å². The Morgan fingerprint density at radius 2 is 1.84 bits per heavy atom. The van der Waals surface area contributed by atoms with Crippen molar-refractivity contribution in [2.24, 2.45) is 5.41 Å². The van der Waals surface area contributed by atoms with Crippen molar-refractivity contribution in [1.29, 1.82) is 0 Å². The van der Waals surface area contributed by atoms with Gasteiger partial charge in [0.2, 0.25) is 0 Å². The van der Waals surface area contributed by atoms with E-state index in [1.165, 1.54) is 44.3 Å². The number of hydrogen-bond acceptors (Lipinski definition) is 2. The smallest absolute Gasteiger partial charge is 0.115 e. The van der Waals surface area contributed by atoms with Gasteiger partial charge in [0.05, 0.1) is 0 Å². The minimum atomic E-state index is 0.353. The van der Waals surface area contributed by atoms with Gasteiger partial charge in [0, 0.05) is 11.0 Å². The van der Waals surface area contributed by atoms with Gasteiger partial charge in [-0.15, -0.1) is 0 Å². The summed E-state index contributed by atoms with van der Waals surface area (Å²) in [5.74, 6) is 0.353. The predicted octanol–water partition coefficient (Wildman–Crippen LogP) is 4.56. The van der Waals surface area contributed by atoms with E-state index in [4.69, 9.17) is 0 Å². The highest BCUT2D eigenvalue weighted by Gasteiger charge is 2.31.